The Kier molecular flexibility index (Phi) is 12.0. The Morgan fingerprint density at radius 1 is 0.854 bits per heavy atom. The van der Waals surface area contributed by atoms with E-state index in [1.165, 1.54) is 6.26 Å². The molecule has 41 heavy (non-hydrogen) atoms. The van der Waals surface area contributed by atoms with Gasteiger partial charge in [0.25, 0.3) is 5.91 Å². The Morgan fingerprint density at radius 3 is 2.12 bits per heavy atom. The van der Waals surface area contributed by atoms with Gasteiger partial charge in [-0.1, -0.05) is 66.7 Å². The number of carboxylic acid groups (broad SMARTS) is 1. The number of aryl methyl sites for hydroxylation is 3. The molecule has 4 aromatic rings. The first kappa shape index (κ1) is 31.9. The van der Waals surface area contributed by atoms with Gasteiger partial charge >= 0.3 is 24.8 Å². The van der Waals surface area contributed by atoms with Crippen LogP contribution in [0.15, 0.2) is 97.1 Å². The van der Waals surface area contributed by atoms with Crippen LogP contribution in [0.4, 0.5) is 0 Å². The summed E-state index contributed by atoms with van der Waals surface area (Å²) in [6.45, 7) is 1.99. The number of nitrogens with one attached hydrogen (secondary N) is 1. The van der Waals surface area contributed by atoms with Gasteiger partial charge in [0.1, 0.15) is 17.5 Å². The fraction of sp³-hybridized carbons (Fsp3) is 0.212. The van der Waals surface area contributed by atoms with Crippen LogP contribution in [0, 0.1) is 6.92 Å². The van der Waals surface area contributed by atoms with Crippen LogP contribution in [0.3, 0.4) is 0 Å². The van der Waals surface area contributed by atoms with Crippen molar-refractivity contribution >= 4 is 22.7 Å². The predicted octanol–water partition coefficient (Wildman–Crippen LogP) is 3.31. The fourth-order valence-electron chi connectivity index (χ4n) is 4.46. The van der Waals surface area contributed by atoms with Gasteiger partial charge in [0.2, 0.25) is 0 Å². The molecular formula is C33H34LiNO5S. The first-order valence-corrected chi connectivity index (χ1v) is 14.9. The van der Waals surface area contributed by atoms with E-state index in [0.29, 0.717) is 5.56 Å². The number of rotatable bonds is 12. The third-order valence-corrected chi connectivity index (χ3v) is 7.48. The molecule has 0 fully saturated rings. The molecule has 4 rings (SSSR count). The average molecular weight is 564 g/mol. The van der Waals surface area contributed by atoms with Crippen molar-refractivity contribution in [1.29, 1.82) is 0 Å². The second-order valence-electron chi connectivity index (χ2n) is 9.68. The van der Waals surface area contributed by atoms with Crippen molar-refractivity contribution in [3.05, 3.63) is 119 Å². The number of hydrogen-bond donors (Lipinski definition) is 2. The van der Waals surface area contributed by atoms with Crippen LogP contribution in [0.1, 0.15) is 34.9 Å². The molecule has 6 nitrogen and oxygen atoms in total. The maximum Gasteiger partial charge on any atom is 1.00 e. The van der Waals surface area contributed by atoms with Gasteiger partial charge in [-0.2, -0.15) is 0 Å². The summed E-state index contributed by atoms with van der Waals surface area (Å²) in [4.78, 5) is 25.1. The van der Waals surface area contributed by atoms with Crippen molar-refractivity contribution in [2.75, 3.05) is 12.0 Å². The Hall–Kier alpha value is -3.63. The molecule has 2 N–H and O–H groups in total. The molecule has 0 spiro atoms. The van der Waals surface area contributed by atoms with Crippen LogP contribution < -0.4 is 28.9 Å². The van der Waals surface area contributed by atoms with Crippen LogP contribution in [0.5, 0.6) is 11.5 Å². The molecule has 0 saturated carbocycles. The predicted molar refractivity (Wildman–Crippen MR) is 161 cm³/mol. The minimum Gasteiger partial charge on any atom is -1.00 e. The molecule has 208 valence electrons. The summed E-state index contributed by atoms with van der Waals surface area (Å²) in [7, 11) is -1.15. The third-order valence-electron chi connectivity index (χ3n) is 6.67. The van der Waals surface area contributed by atoms with Gasteiger partial charge < -0.3 is 16.6 Å². The van der Waals surface area contributed by atoms with E-state index in [1.54, 1.807) is 6.07 Å². The summed E-state index contributed by atoms with van der Waals surface area (Å²) in [6.07, 6.45) is 3.18. The number of amides is 1. The Morgan fingerprint density at radius 2 is 1.46 bits per heavy atom. The number of carbonyl (C=O) groups is 2. The molecule has 8 heteroatoms. The van der Waals surface area contributed by atoms with Crippen LogP contribution in [0.2, 0.25) is 0 Å². The second-order valence-corrected chi connectivity index (χ2v) is 11.2. The number of carboxylic acids is 1. The van der Waals surface area contributed by atoms with Crippen molar-refractivity contribution < 1.29 is 43.9 Å². The Balaban J connectivity index is 0.00000308. The number of benzene rings is 4. The van der Waals surface area contributed by atoms with Crippen molar-refractivity contribution in [3.63, 3.8) is 0 Å². The molecule has 2 atom stereocenters. The third kappa shape index (κ3) is 9.19. The van der Waals surface area contributed by atoms with Gasteiger partial charge in [0.15, 0.2) is 0 Å². The zero-order valence-corrected chi connectivity index (χ0v) is 24.4. The number of hydrogen-bond acceptors (Lipinski definition) is 4. The SMILES string of the molecule is Cc1ccccc1-c1cc(CCc2ccc(Oc3ccccc3)cc2)ccc1C(=O)NC(CCS(C)=O)C(=O)O.[H-].[Li+]. The van der Waals surface area contributed by atoms with Gasteiger partial charge in [-0.05, 0) is 84.3 Å². The number of para-hydroxylation sites is 1. The molecule has 4 aromatic carbocycles. The van der Waals surface area contributed by atoms with E-state index >= 15 is 0 Å². The molecule has 0 heterocycles. The second kappa shape index (κ2) is 15.4. The Bertz CT molecular complexity index is 1500. The quantitative estimate of drug-likeness (QED) is 0.258. The van der Waals surface area contributed by atoms with Crippen molar-refractivity contribution in [3.8, 4) is 22.6 Å². The van der Waals surface area contributed by atoms with E-state index in [1.807, 2.05) is 85.8 Å². The standard InChI is InChI=1S/C33H33NO5S.Li.H/c1-23-8-6-7-11-28(23)30-22-25(16-19-29(30)32(35)34-31(33(36)37)20-21-40(2)38)13-12-24-14-17-27(18-15-24)39-26-9-4-3-5-10-26;;/h3-11,14-19,22,31H,12-13,20-21H2,1-2H3,(H,34,35)(H,36,37);;/q;+1;-1. The zero-order chi connectivity index (χ0) is 28.5. The zero-order valence-electron chi connectivity index (χ0n) is 24.6. The number of ether oxygens (including phenoxy) is 1. The van der Waals surface area contributed by atoms with E-state index in [0.717, 1.165) is 52.2 Å². The molecule has 0 radical (unpaired) electrons. The largest absolute Gasteiger partial charge is 1.00 e. The van der Waals surface area contributed by atoms with E-state index in [9.17, 15) is 18.9 Å². The minimum absolute atomic E-state index is 0. The van der Waals surface area contributed by atoms with Gasteiger partial charge in [-0.15, -0.1) is 0 Å². The van der Waals surface area contributed by atoms with Gasteiger partial charge in [0, 0.05) is 28.4 Å². The topological polar surface area (TPSA) is 92.7 Å². The number of carbonyl (C=O) groups excluding carboxylic acids is 1. The molecule has 0 aliphatic rings. The first-order valence-electron chi connectivity index (χ1n) is 13.1. The number of aliphatic carboxylic acids is 1. The molecule has 1 amide bonds. The van der Waals surface area contributed by atoms with Crippen LogP contribution in [-0.4, -0.2) is 39.2 Å². The summed E-state index contributed by atoms with van der Waals surface area (Å²) in [5, 5.41) is 12.2. The van der Waals surface area contributed by atoms with E-state index in [-0.39, 0.29) is 32.5 Å². The molecule has 0 aliphatic carbocycles. The summed E-state index contributed by atoms with van der Waals surface area (Å²) in [5.74, 6) is 0.150. The molecule has 2 unspecified atom stereocenters. The smallest absolute Gasteiger partial charge is 1.00 e. The summed E-state index contributed by atoms with van der Waals surface area (Å²) >= 11 is 0. The molecule has 0 aliphatic heterocycles. The van der Waals surface area contributed by atoms with Gasteiger partial charge in [-0.25, -0.2) is 4.79 Å². The van der Waals surface area contributed by atoms with E-state index in [4.69, 9.17) is 4.74 Å². The van der Waals surface area contributed by atoms with Crippen LogP contribution >= 0.6 is 0 Å². The monoisotopic (exact) mass is 563 g/mol. The molecule has 0 saturated heterocycles. The minimum atomic E-state index is -1.15. The summed E-state index contributed by atoms with van der Waals surface area (Å²) in [6, 6.07) is 30.1. The summed E-state index contributed by atoms with van der Waals surface area (Å²) in [5.41, 5.74) is 5.32. The van der Waals surface area contributed by atoms with E-state index in [2.05, 4.69) is 17.4 Å². The molecule has 0 bridgehead atoms. The van der Waals surface area contributed by atoms with Crippen molar-refractivity contribution in [2.45, 2.75) is 32.2 Å². The van der Waals surface area contributed by atoms with Crippen LogP contribution in [-0.2, 0) is 28.4 Å². The maximum absolute atomic E-state index is 13.3. The average Bonchev–Trinajstić information content (AvgIpc) is 2.95. The van der Waals surface area contributed by atoms with Crippen LogP contribution in [0.25, 0.3) is 11.1 Å². The fourth-order valence-corrected chi connectivity index (χ4v) is 5.03. The first-order chi connectivity index (χ1) is 19.3. The molecule has 0 aromatic heterocycles. The normalized spacial score (nSPS) is 12.0. The Labute approximate surface area is 257 Å². The van der Waals surface area contributed by atoms with Crippen molar-refractivity contribution in [1.82, 2.24) is 5.32 Å². The summed E-state index contributed by atoms with van der Waals surface area (Å²) < 4.78 is 17.4. The molecular weight excluding hydrogens is 529 g/mol. The maximum atomic E-state index is 13.3. The van der Waals surface area contributed by atoms with Gasteiger partial charge in [0.05, 0.1) is 0 Å². The van der Waals surface area contributed by atoms with E-state index < -0.39 is 28.7 Å². The van der Waals surface area contributed by atoms with Crippen molar-refractivity contribution in [2.24, 2.45) is 0 Å². The van der Waals surface area contributed by atoms with Gasteiger partial charge in [-0.3, -0.25) is 9.00 Å².